The number of hydrogen-bond acceptors (Lipinski definition) is 4. The molecule has 0 atom stereocenters. The van der Waals surface area contributed by atoms with E-state index < -0.39 is 5.82 Å². The van der Waals surface area contributed by atoms with Crippen molar-refractivity contribution in [3.8, 4) is 6.07 Å². The fourth-order valence-corrected chi connectivity index (χ4v) is 1.66. The third-order valence-corrected chi connectivity index (χ3v) is 2.71. The van der Waals surface area contributed by atoms with Crippen molar-refractivity contribution in [3.05, 3.63) is 35.4 Å². The molecule has 17 heavy (non-hydrogen) atoms. The number of thioether (sulfide) groups is 1. The first-order valence-electron chi connectivity index (χ1n) is 4.99. The maximum Gasteiger partial charge on any atom is 0.185 e. The first kappa shape index (κ1) is 13.4. The Kier molecular flexibility index (Phi) is 5.37. The van der Waals surface area contributed by atoms with Crippen molar-refractivity contribution in [2.75, 3.05) is 5.75 Å². The summed E-state index contributed by atoms with van der Waals surface area (Å²) in [5.74, 6) is 0.0886. The molecule has 0 N–H and O–H groups in total. The van der Waals surface area contributed by atoms with Gasteiger partial charge in [-0.25, -0.2) is 9.37 Å². The van der Waals surface area contributed by atoms with Crippen LogP contribution in [0.5, 0.6) is 0 Å². The summed E-state index contributed by atoms with van der Waals surface area (Å²) in [6.45, 7) is 1.52. The zero-order valence-electron chi connectivity index (χ0n) is 9.31. The first-order chi connectivity index (χ1) is 8.13. The van der Waals surface area contributed by atoms with Crippen LogP contribution in [-0.4, -0.2) is 15.9 Å². The summed E-state index contributed by atoms with van der Waals surface area (Å²) >= 11 is 1.25. The number of hydrogen-bond donors (Lipinski definition) is 0. The van der Waals surface area contributed by atoms with Gasteiger partial charge in [-0.05, 0) is 18.1 Å². The number of allylic oxidation sites excluding steroid dienone is 1. The van der Waals surface area contributed by atoms with Gasteiger partial charge in [-0.1, -0.05) is 23.9 Å². The lowest BCUT2D eigenvalue weighted by molar-refractivity contribution is -0.109. The van der Waals surface area contributed by atoms with Crippen molar-refractivity contribution in [1.29, 1.82) is 5.26 Å². The Morgan fingerprint density at radius 2 is 2.47 bits per heavy atom. The molecule has 0 fully saturated rings. The molecule has 5 heteroatoms. The molecule has 0 aliphatic carbocycles. The number of carbonyl (C=O) groups excluding carboxylic acids is 1. The van der Waals surface area contributed by atoms with Crippen LogP contribution in [0.15, 0.2) is 18.3 Å². The van der Waals surface area contributed by atoms with Crippen LogP contribution in [-0.2, 0) is 4.79 Å². The van der Waals surface area contributed by atoms with Gasteiger partial charge in [0.25, 0.3) is 0 Å². The second kappa shape index (κ2) is 6.81. The van der Waals surface area contributed by atoms with E-state index in [1.165, 1.54) is 30.9 Å². The molecule has 0 aliphatic rings. The normalized spacial score (nSPS) is 10.4. The summed E-state index contributed by atoms with van der Waals surface area (Å²) in [6, 6.07) is 2.92. The summed E-state index contributed by atoms with van der Waals surface area (Å²) in [6.07, 6.45) is 5.73. The molecule has 1 aromatic rings. The molecule has 0 radical (unpaired) electrons. The molecule has 0 unspecified atom stereocenters. The van der Waals surface area contributed by atoms with Gasteiger partial charge in [0.1, 0.15) is 6.07 Å². The van der Waals surface area contributed by atoms with Crippen LogP contribution in [0.1, 0.15) is 24.6 Å². The van der Waals surface area contributed by atoms with Gasteiger partial charge in [0.05, 0.1) is 0 Å². The second-order valence-corrected chi connectivity index (χ2v) is 4.51. The smallest absolute Gasteiger partial charge is 0.185 e. The number of pyridine rings is 1. The van der Waals surface area contributed by atoms with Gasteiger partial charge in [0.2, 0.25) is 0 Å². The first-order valence-corrected chi connectivity index (χ1v) is 5.97. The number of rotatable bonds is 4. The Morgan fingerprint density at radius 1 is 1.71 bits per heavy atom. The lowest BCUT2D eigenvalue weighted by Gasteiger charge is -1.95. The van der Waals surface area contributed by atoms with Gasteiger partial charge in [0.15, 0.2) is 16.6 Å². The summed E-state index contributed by atoms with van der Waals surface area (Å²) in [7, 11) is 0. The highest BCUT2D eigenvalue weighted by Gasteiger charge is 2.01. The molecule has 0 amide bonds. The van der Waals surface area contributed by atoms with E-state index in [0.717, 1.165) is 6.42 Å². The second-order valence-electron chi connectivity index (χ2n) is 3.24. The average molecular weight is 250 g/mol. The molecule has 1 aromatic heterocycles. The lowest BCUT2D eigenvalue weighted by Crippen LogP contribution is -1.89. The van der Waals surface area contributed by atoms with E-state index in [1.807, 2.05) is 6.08 Å². The van der Waals surface area contributed by atoms with E-state index in [9.17, 15) is 9.18 Å². The van der Waals surface area contributed by atoms with Crippen LogP contribution >= 0.6 is 11.8 Å². The number of carbonyl (C=O) groups is 1. The topological polar surface area (TPSA) is 53.8 Å². The van der Waals surface area contributed by atoms with Crippen LogP contribution < -0.4 is 0 Å². The molecule has 0 aromatic carbocycles. The minimum atomic E-state index is -0.618. The fraction of sp³-hybridized carbons (Fsp3) is 0.250. The van der Waals surface area contributed by atoms with E-state index in [1.54, 1.807) is 12.1 Å². The van der Waals surface area contributed by atoms with Crippen LogP contribution in [0, 0.1) is 17.1 Å². The highest BCUT2D eigenvalue weighted by molar-refractivity contribution is 8.13. The van der Waals surface area contributed by atoms with Crippen molar-refractivity contribution in [1.82, 2.24) is 4.98 Å². The minimum absolute atomic E-state index is 0.0875. The van der Waals surface area contributed by atoms with Crippen molar-refractivity contribution in [2.45, 2.75) is 13.3 Å². The Labute approximate surface area is 103 Å². The Bertz CT molecular complexity index is 480. The molecular weight excluding hydrogens is 239 g/mol. The molecule has 3 nitrogen and oxygen atoms in total. The Morgan fingerprint density at radius 3 is 3.06 bits per heavy atom. The number of nitrogens with zero attached hydrogens (tertiary/aromatic N) is 2. The monoisotopic (exact) mass is 250 g/mol. The number of halogens is 1. The SMILES string of the molecule is CC(=O)SCCC=Cc1cnc(C#N)c(F)c1. The van der Waals surface area contributed by atoms with Crippen molar-refractivity contribution >= 4 is 23.0 Å². The molecule has 0 spiro atoms. The summed E-state index contributed by atoms with van der Waals surface area (Å²) < 4.78 is 13.2. The van der Waals surface area contributed by atoms with Gasteiger partial charge in [-0.3, -0.25) is 4.79 Å². The lowest BCUT2D eigenvalue weighted by atomic mass is 10.2. The predicted molar refractivity (Wildman–Crippen MR) is 65.7 cm³/mol. The number of nitriles is 1. The standard InChI is InChI=1S/C12H11FN2OS/c1-9(16)17-5-3-2-4-10-6-11(13)12(7-14)15-8-10/h2,4,6,8H,3,5H2,1H3. The van der Waals surface area contributed by atoms with Gasteiger partial charge < -0.3 is 0 Å². The van der Waals surface area contributed by atoms with E-state index in [-0.39, 0.29) is 10.8 Å². The maximum absolute atomic E-state index is 13.2. The Balaban J connectivity index is 2.52. The van der Waals surface area contributed by atoms with E-state index in [0.29, 0.717) is 11.3 Å². The fourth-order valence-electron chi connectivity index (χ4n) is 1.12. The highest BCUT2D eigenvalue weighted by Crippen LogP contribution is 2.09. The zero-order chi connectivity index (χ0) is 12.7. The molecule has 1 heterocycles. The van der Waals surface area contributed by atoms with E-state index in [2.05, 4.69) is 4.98 Å². The van der Waals surface area contributed by atoms with Crippen LogP contribution in [0.2, 0.25) is 0 Å². The predicted octanol–water partition coefficient (Wildman–Crippen LogP) is 2.78. The molecular formula is C12H11FN2OS. The summed E-state index contributed by atoms with van der Waals surface area (Å²) in [5, 5.41) is 8.59. The number of aromatic nitrogens is 1. The summed E-state index contributed by atoms with van der Waals surface area (Å²) in [5.41, 5.74) is 0.406. The maximum atomic E-state index is 13.2. The Hall–Kier alpha value is -1.67. The third-order valence-electron chi connectivity index (χ3n) is 1.87. The third kappa shape index (κ3) is 4.79. The van der Waals surface area contributed by atoms with Crippen LogP contribution in [0.25, 0.3) is 6.08 Å². The summed E-state index contributed by atoms with van der Waals surface area (Å²) in [4.78, 5) is 14.3. The van der Waals surface area contributed by atoms with Crippen molar-refractivity contribution in [2.24, 2.45) is 0 Å². The van der Waals surface area contributed by atoms with Crippen molar-refractivity contribution < 1.29 is 9.18 Å². The van der Waals surface area contributed by atoms with Crippen LogP contribution in [0.3, 0.4) is 0 Å². The molecule has 0 bridgehead atoms. The molecule has 1 rings (SSSR count). The molecule has 0 aliphatic heterocycles. The van der Waals surface area contributed by atoms with Gasteiger partial charge >= 0.3 is 0 Å². The van der Waals surface area contributed by atoms with E-state index in [4.69, 9.17) is 5.26 Å². The average Bonchev–Trinajstić information content (AvgIpc) is 2.28. The van der Waals surface area contributed by atoms with E-state index >= 15 is 0 Å². The van der Waals surface area contributed by atoms with Gasteiger partial charge in [-0.2, -0.15) is 5.26 Å². The largest absolute Gasteiger partial charge is 0.288 e. The molecule has 0 saturated heterocycles. The highest BCUT2D eigenvalue weighted by atomic mass is 32.2. The zero-order valence-corrected chi connectivity index (χ0v) is 10.1. The van der Waals surface area contributed by atoms with Crippen molar-refractivity contribution in [3.63, 3.8) is 0 Å². The van der Waals surface area contributed by atoms with Crippen LogP contribution in [0.4, 0.5) is 4.39 Å². The molecule has 0 saturated carbocycles. The molecule has 88 valence electrons. The minimum Gasteiger partial charge on any atom is -0.288 e. The van der Waals surface area contributed by atoms with Gasteiger partial charge in [-0.15, -0.1) is 0 Å². The quantitative estimate of drug-likeness (QED) is 0.771. The van der Waals surface area contributed by atoms with Gasteiger partial charge in [0, 0.05) is 18.9 Å².